The minimum Gasteiger partial charge on any atom is -0.445 e. The minimum atomic E-state index is -0.422. The lowest BCUT2D eigenvalue weighted by Gasteiger charge is -2.21. The summed E-state index contributed by atoms with van der Waals surface area (Å²) in [5.41, 5.74) is 0.954. The number of rotatable bonds is 7. The number of carbonyl (C=O) groups excluding carboxylic acids is 2. The van der Waals surface area contributed by atoms with Crippen molar-refractivity contribution >= 4 is 23.8 Å². The molecule has 1 unspecified atom stereocenters. The summed E-state index contributed by atoms with van der Waals surface area (Å²) >= 11 is 1.76. The molecule has 1 heterocycles. The van der Waals surface area contributed by atoms with Crippen LogP contribution in [-0.4, -0.2) is 41.8 Å². The SMILES string of the molecule is O=C(NC1CCC(=O)N(CCSc2ccccc2)CC1)OCc1ccccc1. The minimum absolute atomic E-state index is 0.0287. The Morgan fingerprint density at radius 1 is 1.07 bits per heavy atom. The van der Waals surface area contributed by atoms with Crippen LogP contribution in [0, 0.1) is 0 Å². The highest BCUT2D eigenvalue weighted by Crippen LogP contribution is 2.18. The molecule has 1 fully saturated rings. The zero-order valence-corrected chi connectivity index (χ0v) is 16.7. The summed E-state index contributed by atoms with van der Waals surface area (Å²) in [6.07, 6.45) is 1.44. The van der Waals surface area contributed by atoms with Gasteiger partial charge in [0.15, 0.2) is 0 Å². The monoisotopic (exact) mass is 398 g/mol. The van der Waals surface area contributed by atoms with Crippen molar-refractivity contribution in [3.8, 4) is 0 Å². The maximum Gasteiger partial charge on any atom is 0.407 e. The quantitative estimate of drug-likeness (QED) is 0.714. The molecule has 5 nitrogen and oxygen atoms in total. The number of benzene rings is 2. The molecule has 1 aliphatic heterocycles. The molecule has 0 spiro atoms. The molecule has 1 N–H and O–H groups in total. The number of hydrogen-bond donors (Lipinski definition) is 1. The third kappa shape index (κ3) is 6.60. The second-order valence-corrected chi connectivity index (χ2v) is 7.94. The lowest BCUT2D eigenvalue weighted by atomic mass is 10.1. The molecule has 3 rings (SSSR count). The van der Waals surface area contributed by atoms with Gasteiger partial charge in [-0.2, -0.15) is 0 Å². The highest BCUT2D eigenvalue weighted by Gasteiger charge is 2.23. The Labute approximate surface area is 170 Å². The lowest BCUT2D eigenvalue weighted by molar-refractivity contribution is -0.130. The molecule has 0 aromatic heterocycles. The molecule has 2 aromatic carbocycles. The zero-order chi connectivity index (χ0) is 19.6. The van der Waals surface area contributed by atoms with E-state index in [4.69, 9.17) is 4.74 Å². The van der Waals surface area contributed by atoms with Crippen molar-refractivity contribution in [1.29, 1.82) is 0 Å². The van der Waals surface area contributed by atoms with Crippen LogP contribution in [0.5, 0.6) is 0 Å². The van der Waals surface area contributed by atoms with Gasteiger partial charge in [0.2, 0.25) is 5.91 Å². The summed E-state index contributed by atoms with van der Waals surface area (Å²) in [5.74, 6) is 1.03. The van der Waals surface area contributed by atoms with Gasteiger partial charge in [0.1, 0.15) is 6.61 Å². The second kappa shape index (κ2) is 10.8. The van der Waals surface area contributed by atoms with Gasteiger partial charge >= 0.3 is 6.09 Å². The van der Waals surface area contributed by atoms with Crippen LogP contribution in [0.1, 0.15) is 24.8 Å². The van der Waals surface area contributed by atoms with Gasteiger partial charge < -0.3 is 15.0 Å². The summed E-state index contributed by atoms with van der Waals surface area (Å²) in [4.78, 5) is 27.5. The van der Waals surface area contributed by atoms with Crippen LogP contribution in [0.3, 0.4) is 0 Å². The molecule has 6 heteroatoms. The predicted octanol–water partition coefficient (Wildman–Crippen LogP) is 4.09. The highest BCUT2D eigenvalue weighted by atomic mass is 32.2. The maximum atomic E-state index is 12.4. The molecule has 1 aliphatic rings. The van der Waals surface area contributed by atoms with Gasteiger partial charge in [0.05, 0.1) is 0 Å². The number of hydrogen-bond acceptors (Lipinski definition) is 4. The molecule has 0 saturated carbocycles. The number of ether oxygens (including phenoxy) is 1. The molecule has 0 radical (unpaired) electrons. The predicted molar refractivity (Wildman–Crippen MR) is 111 cm³/mol. The van der Waals surface area contributed by atoms with Crippen molar-refractivity contribution in [1.82, 2.24) is 10.2 Å². The summed E-state index contributed by atoms with van der Waals surface area (Å²) in [5, 5.41) is 2.91. The summed E-state index contributed by atoms with van der Waals surface area (Å²) in [7, 11) is 0. The first-order valence-corrected chi connectivity index (χ1v) is 10.6. The van der Waals surface area contributed by atoms with Crippen LogP contribution in [0.15, 0.2) is 65.6 Å². The molecule has 2 aromatic rings. The van der Waals surface area contributed by atoms with Gasteiger partial charge in [-0.05, 0) is 30.5 Å². The Morgan fingerprint density at radius 2 is 1.79 bits per heavy atom. The van der Waals surface area contributed by atoms with Crippen molar-refractivity contribution in [3.63, 3.8) is 0 Å². The fourth-order valence-electron chi connectivity index (χ4n) is 3.14. The van der Waals surface area contributed by atoms with E-state index in [2.05, 4.69) is 17.4 Å². The molecule has 1 saturated heterocycles. The third-order valence-corrected chi connectivity index (χ3v) is 5.71. The van der Waals surface area contributed by atoms with Crippen molar-refractivity contribution < 1.29 is 14.3 Å². The number of alkyl carbamates (subject to hydrolysis) is 1. The van der Waals surface area contributed by atoms with E-state index in [1.807, 2.05) is 53.4 Å². The molecular weight excluding hydrogens is 372 g/mol. The smallest absolute Gasteiger partial charge is 0.407 e. The Bertz CT molecular complexity index is 755. The number of carbonyl (C=O) groups is 2. The van der Waals surface area contributed by atoms with Gasteiger partial charge in [0, 0.05) is 36.2 Å². The zero-order valence-electron chi connectivity index (χ0n) is 15.9. The van der Waals surface area contributed by atoms with Gasteiger partial charge in [-0.15, -0.1) is 11.8 Å². The van der Waals surface area contributed by atoms with Crippen molar-refractivity contribution in [2.45, 2.75) is 36.8 Å². The molecule has 28 heavy (non-hydrogen) atoms. The number of likely N-dealkylation sites (tertiary alicyclic amines) is 1. The van der Waals surface area contributed by atoms with Gasteiger partial charge in [-0.3, -0.25) is 4.79 Å². The number of amides is 2. The highest BCUT2D eigenvalue weighted by molar-refractivity contribution is 7.99. The van der Waals surface area contributed by atoms with E-state index in [1.54, 1.807) is 11.8 Å². The first-order chi connectivity index (χ1) is 13.7. The lowest BCUT2D eigenvalue weighted by Crippen LogP contribution is -2.36. The van der Waals surface area contributed by atoms with Crippen LogP contribution in [0.2, 0.25) is 0 Å². The van der Waals surface area contributed by atoms with E-state index in [1.165, 1.54) is 4.90 Å². The van der Waals surface area contributed by atoms with E-state index >= 15 is 0 Å². The van der Waals surface area contributed by atoms with E-state index in [-0.39, 0.29) is 18.6 Å². The topological polar surface area (TPSA) is 58.6 Å². The molecule has 2 amide bonds. The molecule has 0 aliphatic carbocycles. The average Bonchev–Trinajstić information content (AvgIpc) is 2.90. The third-order valence-electron chi connectivity index (χ3n) is 4.71. The number of nitrogens with one attached hydrogen (secondary N) is 1. The second-order valence-electron chi connectivity index (χ2n) is 6.77. The standard InChI is InChI=1S/C22H26N2O3S/c25-21-12-11-19(23-22(26)27-17-18-7-3-1-4-8-18)13-14-24(21)15-16-28-20-9-5-2-6-10-20/h1-10,19H,11-17H2,(H,23,26). The molecule has 0 bridgehead atoms. The van der Waals surface area contributed by atoms with Gasteiger partial charge in [0.25, 0.3) is 0 Å². The average molecular weight is 399 g/mol. The summed E-state index contributed by atoms with van der Waals surface area (Å²) < 4.78 is 5.29. The Morgan fingerprint density at radius 3 is 2.54 bits per heavy atom. The largest absolute Gasteiger partial charge is 0.445 e. The number of thioether (sulfide) groups is 1. The van der Waals surface area contributed by atoms with Crippen LogP contribution >= 0.6 is 11.8 Å². The maximum absolute atomic E-state index is 12.4. The van der Waals surface area contributed by atoms with E-state index in [0.29, 0.717) is 19.4 Å². The molecular formula is C22H26N2O3S. The van der Waals surface area contributed by atoms with Gasteiger partial charge in [-0.25, -0.2) is 4.79 Å². The van der Waals surface area contributed by atoms with Crippen LogP contribution in [0.25, 0.3) is 0 Å². The van der Waals surface area contributed by atoms with Crippen LogP contribution < -0.4 is 5.32 Å². The number of nitrogens with zero attached hydrogens (tertiary/aromatic N) is 1. The van der Waals surface area contributed by atoms with Gasteiger partial charge in [-0.1, -0.05) is 48.5 Å². The van der Waals surface area contributed by atoms with Crippen LogP contribution in [-0.2, 0) is 16.1 Å². The summed E-state index contributed by atoms with van der Waals surface area (Å²) in [6, 6.07) is 19.8. The Kier molecular flexibility index (Phi) is 7.79. The van der Waals surface area contributed by atoms with E-state index < -0.39 is 6.09 Å². The molecule has 148 valence electrons. The Hall–Kier alpha value is -2.47. The fraction of sp³-hybridized carbons (Fsp3) is 0.364. The normalized spacial score (nSPS) is 17.1. The summed E-state index contributed by atoms with van der Waals surface area (Å²) in [6.45, 7) is 1.64. The molecule has 1 atom stereocenters. The van der Waals surface area contributed by atoms with Crippen molar-refractivity contribution in [2.75, 3.05) is 18.8 Å². The van der Waals surface area contributed by atoms with Crippen molar-refractivity contribution in [2.24, 2.45) is 0 Å². The van der Waals surface area contributed by atoms with E-state index in [9.17, 15) is 9.59 Å². The van der Waals surface area contributed by atoms with E-state index in [0.717, 1.165) is 24.3 Å². The van der Waals surface area contributed by atoms with Crippen molar-refractivity contribution in [3.05, 3.63) is 66.2 Å². The fourth-order valence-corrected chi connectivity index (χ4v) is 4.04. The van der Waals surface area contributed by atoms with Crippen LogP contribution in [0.4, 0.5) is 4.79 Å². The first kappa shape index (κ1) is 20.3. The Balaban J connectivity index is 1.39. The first-order valence-electron chi connectivity index (χ1n) is 9.63.